The first kappa shape index (κ1) is 24.6. The molecule has 3 aromatic rings. The van der Waals surface area contributed by atoms with E-state index in [4.69, 9.17) is 11.6 Å². The molecule has 0 unspecified atom stereocenters. The van der Waals surface area contributed by atoms with Gasteiger partial charge in [0.1, 0.15) is 5.82 Å². The fraction of sp³-hybridized carbons (Fsp3) is 0.481. The van der Waals surface area contributed by atoms with Gasteiger partial charge in [-0.3, -0.25) is 4.79 Å². The van der Waals surface area contributed by atoms with Crippen molar-refractivity contribution in [1.82, 2.24) is 20.2 Å². The number of nitrogens with one attached hydrogen (secondary N) is 2. The van der Waals surface area contributed by atoms with Crippen molar-refractivity contribution in [2.75, 3.05) is 32.1 Å². The summed E-state index contributed by atoms with van der Waals surface area (Å²) in [4.78, 5) is 25.8. The second-order valence-electron chi connectivity index (χ2n) is 9.52. The number of aromatic amines is 1. The number of H-pyrrole nitrogens is 1. The Kier molecular flexibility index (Phi) is 7.79. The van der Waals surface area contributed by atoms with E-state index in [2.05, 4.69) is 46.1 Å². The molecular weight excluding hydrogens is 446 g/mol. The normalized spacial score (nSPS) is 18.4. The number of nitrogens with zero attached hydrogens (tertiary/aromatic N) is 3. The average molecular weight is 482 g/mol. The molecule has 1 fully saturated rings. The van der Waals surface area contributed by atoms with Gasteiger partial charge in [0.2, 0.25) is 0 Å². The molecule has 0 radical (unpaired) electrons. The Hall–Kier alpha value is -2.57. The Labute approximate surface area is 207 Å². The summed E-state index contributed by atoms with van der Waals surface area (Å²) >= 11 is 6.52. The third-order valence-corrected chi connectivity index (χ3v) is 7.38. The number of carbonyl (C=O) groups is 1. The van der Waals surface area contributed by atoms with Crippen LogP contribution in [-0.4, -0.2) is 60.0 Å². The van der Waals surface area contributed by atoms with E-state index in [1.54, 1.807) is 6.07 Å². The Bertz CT molecular complexity index is 1100. The largest absolute Gasteiger partial charge is 0.369 e. The predicted molar refractivity (Wildman–Crippen MR) is 141 cm³/mol. The summed E-state index contributed by atoms with van der Waals surface area (Å²) in [5.74, 6) is 0.778. The van der Waals surface area contributed by atoms with Crippen LogP contribution in [0.1, 0.15) is 54.4 Å². The number of imidazole rings is 1. The number of anilines is 1. The quantitative estimate of drug-likeness (QED) is 0.464. The van der Waals surface area contributed by atoms with E-state index in [9.17, 15) is 4.79 Å². The highest BCUT2D eigenvalue weighted by molar-refractivity contribution is 6.31. The van der Waals surface area contributed by atoms with Crippen LogP contribution >= 0.6 is 11.6 Å². The van der Waals surface area contributed by atoms with E-state index >= 15 is 0 Å². The number of hydrogen-bond donors (Lipinski definition) is 2. The number of amides is 1. The summed E-state index contributed by atoms with van der Waals surface area (Å²) in [7, 11) is 4.34. The van der Waals surface area contributed by atoms with Gasteiger partial charge in [-0.1, -0.05) is 23.7 Å². The van der Waals surface area contributed by atoms with Gasteiger partial charge in [0, 0.05) is 47.9 Å². The first-order valence-corrected chi connectivity index (χ1v) is 12.7. The van der Waals surface area contributed by atoms with E-state index in [1.165, 1.54) is 12.8 Å². The van der Waals surface area contributed by atoms with E-state index in [-0.39, 0.29) is 5.91 Å². The van der Waals surface area contributed by atoms with Crippen LogP contribution in [0.15, 0.2) is 36.4 Å². The zero-order valence-corrected chi connectivity index (χ0v) is 21.5. The van der Waals surface area contributed by atoms with Crippen molar-refractivity contribution < 1.29 is 4.79 Å². The SMILES string of the molecule is CCN(c1cc(Cl)cc(C(=O)NCCc2nc3ccccc3[nH]2)c1C)C1CCC(N(C)C)CC1. The molecule has 1 aromatic heterocycles. The molecule has 1 aliphatic carbocycles. The molecule has 1 heterocycles. The number of rotatable bonds is 8. The molecule has 2 N–H and O–H groups in total. The molecule has 6 nitrogen and oxygen atoms in total. The average Bonchev–Trinajstić information content (AvgIpc) is 3.24. The van der Waals surface area contributed by atoms with Gasteiger partial charge in [-0.05, 0) is 83.5 Å². The highest BCUT2D eigenvalue weighted by Gasteiger charge is 2.28. The summed E-state index contributed by atoms with van der Waals surface area (Å²) < 4.78 is 0. The maximum Gasteiger partial charge on any atom is 0.251 e. The minimum absolute atomic E-state index is 0.0928. The number of benzene rings is 2. The van der Waals surface area contributed by atoms with Crippen LogP contribution in [0.4, 0.5) is 5.69 Å². The second kappa shape index (κ2) is 10.8. The van der Waals surface area contributed by atoms with Gasteiger partial charge in [0.25, 0.3) is 5.91 Å². The van der Waals surface area contributed by atoms with E-state index in [0.29, 0.717) is 35.6 Å². The molecule has 7 heteroatoms. The highest BCUT2D eigenvalue weighted by Crippen LogP contribution is 2.34. The summed E-state index contributed by atoms with van der Waals surface area (Å²) in [6.45, 7) is 5.62. The van der Waals surface area contributed by atoms with Crippen LogP contribution < -0.4 is 10.2 Å². The van der Waals surface area contributed by atoms with Crippen LogP contribution in [0.5, 0.6) is 0 Å². The molecule has 2 aromatic carbocycles. The first-order chi connectivity index (χ1) is 16.4. The third-order valence-electron chi connectivity index (χ3n) is 7.16. The van der Waals surface area contributed by atoms with Crippen LogP contribution in [0, 0.1) is 6.92 Å². The molecule has 0 spiro atoms. The third kappa shape index (κ3) is 5.39. The van der Waals surface area contributed by atoms with E-state index in [0.717, 1.165) is 47.5 Å². The Balaban J connectivity index is 1.44. The van der Waals surface area contributed by atoms with Gasteiger partial charge in [0.05, 0.1) is 11.0 Å². The minimum atomic E-state index is -0.0928. The summed E-state index contributed by atoms with van der Waals surface area (Å²) in [5.41, 5.74) is 4.66. The van der Waals surface area contributed by atoms with Gasteiger partial charge in [-0.25, -0.2) is 4.98 Å². The molecule has 1 aliphatic rings. The number of fused-ring (bicyclic) bond motifs is 1. The van der Waals surface area contributed by atoms with Gasteiger partial charge in [0.15, 0.2) is 0 Å². The monoisotopic (exact) mass is 481 g/mol. The van der Waals surface area contributed by atoms with Gasteiger partial charge < -0.3 is 20.1 Å². The number of aromatic nitrogens is 2. The lowest BCUT2D eigenvalue weighted by atomic mass is 9.89. The van der Waals surface area contributed by atoms with Crippen molar-refractivity contribution in [1.29, 1.82) is 0 Å². The van der Waals surface area contributed by atoms with Crippen LogP contribution in [0.3, 0.4) is 0 Å². The molecule has 4 rings (SSSR count). The maximum absolute atomic E-state index is 13.1. The lowest BCUT2D eigenvalue weighted by Crippen LogP contribution is -2.42. The molecule has 182 valence electrons. The highest BCUT2D eigenvalue weighted by atomic mass is 35.5. The van der Waals surface area contributed by atoms with Crippen LogP contribution in [0.2, 0.25) is 5.02 Å². The molecule has 0 bridgehead atoms. The Morgan fingerprint density at radius 2 is 1.85 bits per heavy atom. The smallest absolute Gasteiger partial charge is 0.251 e. The molecule has 0 aliphatic heterocycles. The lowest BCUT2D eigenvalue weighted by Gasteiger charge is -2.40. The predicted octanol–water partition coefficient (Wildman–Crippen LogP) is 5.20. The van der Waals surface area contributed by atoms with Gasteiger partial charge in [-0.2, -0.15) is 0 Å². The number of carbonyl (C=O) groups excluding carboxylic acids is 1. The van der Waals surface area contributed by atoms with Gasteiger partial charge >= 0.3 is 0 Å². The summed E-state index contributed by atoms with van der Waals surface area (Å²) in [6.07, 6.45) is 5.35. The number of halogens is 1. The van der Waals surface area contributed by atoms with Crippen molar-refractivity contribution in [2.24, 2.45) is 0 Å². The standard InChI is InChI=1S/C27H36ClN5O/c1-5-33(21-12-10-20(11-13-21)32(3)4)25-17-19(28)16-22(18(25)2)27(34)29-15-14-26-30-23-8-6-7-9-24(23)31-26/h6-9,16-17,20-21H,5,10-15H2,1-4H3,(H,29,34)(H,30,31). The summed E-state index contributed by atoms with van der Waals surface area (Å²) in [5, 5.41) is 3.66. The Morgan fingerprint density at radius 3 is 2.53 bits per heavy atom. The second-order valence-corrected chi connectivity index (χ2v) is 9.95. The van der Waals surface area contributed by atoms with Crippen molar-refractivity contribution in [3.8, 4) is 0 Å². The minimum Gasteiger partial charge on any atom is -0.369 e. The zero-order chi connectivity index (χ0) is 24.2. The molecule has 0 saturated heterocycles. The van der Waals surface area contributed by atoms with Crippen molar-refractivity contribution in [2.45, 2.75) is 58.0 Å². The van der Waals surface area contributed by atoms with Crippen molar-refractivity contribution in [3.05, 3.63) is 58.4 Å². The van der Waals surface area contributed by atoms with Crippen molar-refractivity contribution >= 4 is 34.2 Å². The number of hydrogen-bond acceptors (Lipinski definition) is 4. The fourth-order valence-corrected chi connectivity index (χ4v) is 5.44. The maximum atomic E-state index is 13.1. The van der Waals surface area contributed by atoms with Crippen molar-refractivity contribution in [3.63, 3.8) is 0 Å². The molecule has 1 saturated carbocycles. The first-order valence-electron chi connectivity index (χ1n) is 12.3. The molecular formula is C27H36ClN5O. The molecule has 34 heavy (non-hydrogen) atoms. The summed E-state index contributed by atoms with van der Waals surface area (Å²) in [6, 6.07) is 12.9. The Morgan fingerprint density at radius 1 is 1.15 bits per heavy atom. The van der Waals surface area contributed by atoms with Crippen LogP contribution in [-0.2, 0) is 6.42 Å². The fourth-order valence-electron chi connectivity index (χ4n) is 5.22. The zero-order valence-electron chi connectivity index (χ0n) is 20.7. The van der Waals surface area contributed by atoms with Crippen LogP contribution in [0.25, 0.3) is 11.0 Å². The molecule has 1 amide bonds. The van der Waals surface area contributed by atoms with E-state index in [1.807, 2.05) is 37.3 Å². The number of para-hydroxylation sites is 2. The lowest BCUT2D eigenvalue weighted by molar-refractivity contribution is 0.0953. The van der Waals surface area contributed by atoms with Gasteiger partial charge in [-0.15, -0.1) is 0 Å². The topological polar surface area (TPSA) is 64.3 Å². The van der Waals surface area contributed by atoms with E-state index < -0.39 is 0 Å². The molecule has 0 atom stereocenters.